The summed E-state index contributed by atoms with van der Waals surface area (Å²) in [5, 5.41) is 0. The fraction of sp³-hybridized carbons (Fsp3) is 0.429. The molecule has 0 N–H and O–H groups in total. The standard InChI is InChI=1S/C7H12O/c1-5-6(2)7(3)8-4/h5H,3H2,1-2,4H3/b6-5-. The minimum absolute atomic E-state index is 0.743. The Morgan fingerprint density at radius 2 is 2.12 bits per heavy atom. The maximum absolute atomic E-state index is 4.84. The largest absolute Gasteiger partial charge is 0.497 e. The molecule has 0 rings (SSSR count). The molecule has 0 bridgehead atoms. The Kier molecular flexibility index (Phi) is 3.01. The summed E-state index contributed by atoms with van der Waals surface area (Å²) in [4.78, 5) is 0. The molecule has 46 valence electrons. The molecule has 0 aromatic carbocycles. The molecule has 0 aromatic rings. The van der Waals surface area contributed by atoms with Gasteiger partial charge in [-0.2, -0.15) is 0 Å². The van der Waals surface area contributed by atoms with Crippen LogP contribution < -0.4 is 0 Å². The third-order valence-corrected chi connectivity index (χ3v) is 1.12. The molecule has 0 heterocycles. The number of rotatable bonds is 2. The van der Waals surface area contributed by atoms with E-state index in [1.54, 1.807) is 7.11 Å². The number of hydrogen-bond donors (Lipinski definition) is 0. The van der Waals surface area contributed by atoms with Gasteiger partial charge in [0.15, 0.2) is 0 Å². The van der Waals surface area contributed by atoms with Gasteiger partial charge in [0.05, 0.1) is 7.11 Å². The Balaban J connectivity index is 3.83. The van der Waals surface area contributed by atoms with Gasteiger partial charge in [0.25, 0.3) is 0 Å². The summed E-state index contributed by atoms with van der Waals surface area (Å²) in [5.41, 5.74) is 1.09. The third-order valence-electron chi connectivity index (χ3n) is 1.12. The van der Waals surface area contributed by atoms with Crippen molar-refractivity contribution in [3.05, 3.63) is 24.0 Å². The molecule has 0 atom stereocenters. The first-order valence-electron chi connectivity index (χ1n) is 2.58. The van der Waals surface area contributed by atoms with Gasteiger partial charge < -0.3 is 4.74 Å². The van der Waals surface area contributed by atoms with Crippen molar-refractivity contribution in [1.82, 2.24) is 0 Å². The van der Waals surface area contributed by atoms with Crippen molar-refractivity contribution in [2.45, 2.75) is 13.8 Å². The van der Waals surface area contributed by atoms with Crippen LogP contribution in [0.25, 0.3) is 0 Å². The van der Waals surface area contributed by atoms with Gasteiger partial charge in [-0.1, -0.05) is 12.7 Å². The lowest BCUT2D eigenvalue weighted by atomic mass is 10.2. The predicted molar refractivity (Wildman–Crippen MR) is 35.6 cm³/mol. The van der Waals surface area contributed by atoms with Crippen molar-refractivity contribution in [3.8, 4) is 0 Å². The maximum atomic E-state index is 4.84. The lowest BCUT2D eigenvalue weighted by molar-refractivity contribution is 0.302. The van der Waals surface area contributed by atoms with Crippen molar-refractivity contribution in [2.24, 2.45) is 0 Å². The van der Waals surface area contributed by atoms with Gasteiger partial charge in [-0.15, -0.1) is 0 Å². The van der Waals surface area contributed by atoms with Crippen LogP contribution in [0, 0.1) is 0 Å². The Morgan fingerprint density at radius 1 is 1.62 bits per heavy atom. The summed E-state index contributed by atoms with van der Waals surface area (Å²) in [6.07, 6.45) is 1.96. The lowest BCUT2D eigenvalue weighted by Crippen LogP contribution is -1.83. The molecule has 0 spiro atoms. The van der Waals surface area contributed by atoms with E-state index in [0.717, 1.165) is 11.3 Å². The van der Waals surface area contributed by atoms with Crippen LogP contribution in [0.1, 0.15) is 13.8 Å². The second kappa shape index (κ2) is 3.30. The van der Waals surface area contributed by atoms with Crippen LogP contribution in [0.2, 0.25) is 0 Å². The molecule has 0 aliphatic carbocycles. The van der Waals surface area contributed by atoms with Gasteiger partial charge in [0, 0.05) is 0 Å². The van der Waals surface area contributed by atoms with Crippen LogP contribution in [0.5, 0.6) is 0 Å². The molecule has 0 saturated carbocycles. The van der Waals surface area contributed by atoms with Gasteiger partial charge in [-0.3, -0.25) is 0 Å². The fourth-order valence-electron chi connectivity index (χ4n) is 0.322. The Labute approximate surface area is 50.7 Å². The second-order valence-electron chi connectivity index (χ2n) is 1.60. The van der Waals surface area contributed by atoms with E-state index in [1.807, 2.05) is 19.9 Å². The second-order valence-corrected chi connectivity index (χ2v) is 1.60. The summed E-state index contributed by atoms with van der Waals surface area (Å²) in [7, 11) is 1.62. The zero-order valence-electron chi connectivity index (χ0n) is 5.69. The first kappa shape index (κ1) is 7.28. The molecule has 0 aromatic heterocycles. The van der Waals surface area contributed by atoms with Crippen LogP contribution in [0.15, 0.2) is 24.0 Å². The SMILES string of the molecule is C=C(OC)/C(C)=C\C. The average molecular weight is 112 g/mol. The van der Waals surface area contributed by atoms with Crippen LogP contribution >= 0.6 is 0 Å². The normalized spacial score (nSPS) is 11.1. The molecule has 0 aliphatic rings. The summed E-state index contributed by atoms with van der Waals surface area (Å²) in [6, 6.07) is 0. The van der Waals surface area contributed by atoms with Crippen molar-refractivity contribution in [3.63, 3.8) is 0 Å². The van der Waals surface area contributed by atoms with E-state index in [2.05, 4.69) is 6.58 Å². The Morgan fingerprint density at radius 3 is 2.25 bits per heavy atom. The number of allylic oxidation sites excluding steroid dienone is 2. The Bertz CT molecular complexity index is 112. The molecule has 0 unspecified atom stereocenters. The highest BCUT2D eigenvalue weighted by Gasteiger charge is 1.89. The van der Waals surface area contributed by atoms with E-state index in [1.165, 1.54) is 0 Å². The van der Waals surface area contributed by atoms with Crippen molar-refractivity contribution >= 4 is 0 Å². The highest BCUT2D eigenvalue weighted by Crippen LogP contribution is 2.04. The first-order chi connectivity index (χ1) is 3.72. The van der Waals surface area contributed by atoms with E-state index in [4.69, 9.17) is 4.74 Å². The monoisotopic (exact) mass is 112 g/mol. The molecule has 0 aliphatic heterocycles. The summed E-state index contributed by atoms with van der Waals surface area (Å²) >= 11 is 0. The van der Waals surface area contributed by atoms with E-state index in [0.29, 0.717) is 0 Å². The quantitative estimate of drug-likeness (QED) is 0.392. The molecule has 0 radical (unpaired) electrons. The van der Waals surface area contributed by atoms with Gasteiger partial charge in [0.2, 0.25) is 0 Å². The molecule has 0 amide bonds. The molecule has 8 heavy (non-hydrogen) atoms. The fourth-order valence-corrected chi connectivity index (χ4v) is 0.322. The predicted octanol–water partition coefficient (Wildman–Crippen LogP) is 2.11. The van der Waals surface area contributed by atoms with Gasteiger partial charge in [0.1, 0.15) is 5.76 Å². The minimum Gasteiger partial charge on any atom is -0.497 e. The van der Waals surface area contributed by atoms with Gasteiger partial charge in [-0.25, -0.2) is 0 Å². The smallest absolute Gasteiger partial charge is 0.114 e. The molecule has 1 nitrogen and oxygen atoms in total. The van der Waals surface area contributed by atoms with Crippen LogP contribution in [-0.2, 0) is 4.74 Å². The molecular formula is C7H12O. The van der Waals surface area contributed by atoms with Crippen LogP contribution in [-0.4, -0.2) is 7.11 Å². The topological polar surface area (TPSA) is 9.23 Å². The lowest BCUT2D eigenvalue weighted by Gasteiger charge is -2.00. The zero-order valence-corrected chi connectivity index (χ0v) is 5.69. The van der Waals surface area contributed by atoms with Crippen molar-refractivity contribution in [2.75, 3.05) is 7.11 Å². The average Bonchev–Trinajstić information content (AvgIpc) is 1.84. The van der Waals surface area contributed by atoms with Crippen molar-refractivity contribution in [1.29, 1.82) is 0 Å². The zero-order chi connectivity index (χ0) is 6.57. The van der Waals surface area contributed by atoms with Crippen LogP contribution in [0.3, 0.4) is 0 Å². The number of methoxy groups -OCH3 is 1. The maximum Gasteiger partial charge on any atom is 0.114 e. The van der Waals surface area contributed by atoms with Crippen LogP contribution in [0.4, 0.5) is 0 Å². The van der Waals surface area contributed by atoms with E-state index in [9.17, 15) is 0 Å². The van der Waals surface area contributed by atoms with Crippen molar-refractivity contribution < 1.29 is 4.74 Å². The first-order valence-corrected chi connectivity index (χ1v) is 2.58. The van der Waals surface area contributed by atoms with E-state index < -0.39 is 0 Å². The Hall–Kier alpha value is -0.720. The number of hydrogen-bond acceptors (Lipinski definition) is 1. The van der Waals surface area contributed by atoms with Gasteiger partial charge in [-0.05, 0) is 19.4 Å². The third kappa shape index (κ3) is 1.82. The molecule has 1 heteroatoms. The molecule has 0 fully saturated rings. The van der Waals surface area contributed by atoms with E-state index >= 15 is 0 Å². The summed E-state index contributed by atoms with van der Waals surface area (Å²) in [5.74, 6) is 0.743. The highest BCUT2D eigenvalue weighted by molar-refractivity contribution is 5.18. The summed E-state index contributed by atoms with van der Waals surface area (Å²) < 4.78 is 4.84. The molecule has 0 saturated heterocycles. The highest BCUT2D eigenvalue weighted by atomic mass is 16.5. The van der Waals surface area contributed by atoms with E-state index in [-0.39, 0.29) is 0 Å². The minimum atomic E-state index is 0.743. The van der Waals surface area contributed by atoms with Gasteiger partial charge >= 0.3 is 0 Å². The summed E-state index contributed by atoms with van der Waals surface area (Å²) in [6.45, 7) is 7.58. The molecular weight excluding hydrogens is 100 g/mol. The number of ether oxygens (including phenoxy) is 1.